The van der Waals surface area contributed by atoms with Gasteiger partial charge in [-0.1, -0.05) is 19.9 Å². The van der Waals surface area contributed by atoms with Crippen LogP contribution in [-0.2, 0) is 10.0 Å². The van der Waals surface area contributed by atoms with Crippen LogP contribution < -0.4 is 15.0 Å². The Morgan fingerprint density at radius 2 is 1.67 bits per heavy atom. The Hall–Kier alpha value is -2.52. The number of benzene rings is 2. The van der Waals surface area contributed by atoms with Gasteiger partial charge in [0.2, 0.25) is 0 Å². The van der Waals surface area contributed by atoms with E-state index in [1.165, 1.54) is 12.1 Å². The van der Waals surface area contributed by atoms with Gasteiger partial charge in [-0.15, -0.1) is 4.83 Å². The molecule has 0 aliphatic carbocycles. The number of rotatable bonds is 8. The largest absolute Gasteiger partial charge is 0.494 e. The molecule has 2 rings (SSSR count). The minimum Gasteiger partial charge on any atom is -0.494 e. The lowest BCUT2D eigenvalue weighted by molar-refractivity contribution is 0.0945. The minimum atomic E-state index is -4.61. The van der Waals surface area contributed by atoms with Crippen LogP contribution in [0.4, 0.5) is 8.78 Å². The van der Waals surface area contributed by atoms with E-state index in [0.717, 1.165) is 24.6 Å². The van der Waals surface area contributed by atoms with Gasteiger partial charge in [0.15, 0.2) is 4.90 Å². The predicted octanol–water partition coefficient (Wildman–Crippen LogP) is 3.01. The van der Waals surface area contributed by atoms with Crippen molar-refractivity contribution < 1.29 is 26.7 Å². The summed E-state index contributed by atoms with van der Waals surface area (Å²) < 4.78 is 56.8. The summed E-state index contributed by atoms with van der Waals surface area (Å²) in [6.45, 7) is 4.69. The maximum Gasteiger partial charge on any atom is 0.266 e. The molecule has 6 nitrogen and oxygen atoms in total. The topological polar surface area (TPSA) is 84.5 Å². The van der Waals surface area contributed by atoms with Crippen LogP contribution in [0.2, 0.25) is 0 Å². The number of hydrazine groups is 1. The molecule has 0 saturated carbocycles. The number of sulfonamides is 1. The second-order valence-corrected chi connectivity index (χ2v) is 7.79. The van der Waals surface area contributed by atoms with Gasteiger partial charge in [0.1, 0.15) is 17.4 Å². The van der Waals surface area contributed by atoms with Crippen LogP contribution in [0.25, 0.3) is 0 Å². The van der Waals surface area contributed by atoms with Crippen LogP contribution in [0.3, 0.4) is 0 Å². The van der Waals surface area contributed by atoms with Gasteiger partial charge >= 0.3 is 0 Å². The van der Waals surface area contributed by atoms with E-state index in [1.54, 1.807) is 17.0 Å². The molecule has 2 aromatic carbocycles. The first-order valence-corrected chi connectivity index (χ1v) is 9.68. The quantitative estimate of drug-likeness (QED) is 0.670. The van der Waals surface area contributed by atoms with E-state index in [9.17, 15) is 22.0 Å². The molecular weight excluding hydrogens is 378 g/mol. The molecular formula is C18H20F2N2O4S. The number of hydrogen-bond acceptors (Lipinski definition) is 4. The molecule has 0 radical (unpaired) electrons. The van der Waals surface area contributed by atoms with E-state index in [-0.39, 0.29) is 5.56 Å². The molecule has 1 amide bonds. The van der Waals surface area contributed by atoms with Crippen molar-refractivity contribution >= 4 is 15.9 Å². The monoisotopic (exact) mass is 398 g/mol. The number of amides is 1. The molecule has 0 aliphatic rings. The smallest absolute Gasteiger partial charge is 0.266 e. The number of carbonyl (C=O) groups is 1. The van der Waals surface area contributed by atoms with Crippen molar-refractivity contribution in [3.8, 4) is 5.75 Å². The molecule has 0 atom stereocenters. The molecule has 2 aromatic rings. The third-order valence-corrected chi connectivity index (χ3v) is 4.87. The first-order chi connectivity index (χ1) is 12.7. The average molecular weight is 398 g/mol. The summed E-state index contributed by atoms with van der Waals surface area (Å²) in [6, 6.07) is 8.67. The van der Waals surface area contributed by atoms with E-state index in [2.05, 4.69) is 13.8 Å². The lowest BCUT2D eigenvalue weighted by Gasteiger charge is -2.11. The highest BCUT2D eigenvalue weighted by Gasteiger charge is 2.24. The van der Waals surface area contributed by atoms with Crippen molar-refractivity contribution in [3.63, 3.8) is 0 Å². The average Bonchev–Trinajstić information content (AvgIpc) is 2.60. The van der Waals surface area contributed by atoms with E-state index in [4.69, 9.17) is 4.74 Å². The van der Waals surface area contributed by atoms with Gasteiger partial charge in [-0.05, 0) is 48.7 Å². The summed E-state index contributed by atoms with van der Waals surface area (Å²) in [7, 11) is -4.61. The zero-order chi connectivity index (χ0) is 20.0. The molecule has 9 heteroatoms. The van der Waals surface area contributed by atoms with Gasteiger partial charge in [0.25, 0.3) is 15.9 Å². The Morgan fingerprint density at radius 1 is 1.07 bits per heavy atom. The highest BCUT2D eigenvalue weighted by atomic mass is 32.2. The summed E-state index contributed by atoms with van der Waals surface area (Å²) in [6.07, 6.45) is 0.886. The normalized spacial score (nSPS) is 11.4. The Bertz CT molecular complexity index is 880. The highest BCUT2D eigenvalue weighted by molar-refractivity contribution is 7.89. The molecule has 0 fully saturated rings. The van der Waals surface area contributed by atoms with Gasteiger partial charge in [0, 0.05) is 5.56 Å². The van der Waals surface area contributed by atoms with Crippen LogP contribution >= 0.6 is 0 Å². The van der Waals surface area contributed by atoms with Crippen LogP contribution in [0.1, 0.15) is 30.6 Å². The minimum absolute atomic E-state index is 0.142. The van der Waals surface area contributed by atoms with Crippen molar-refractivity contribution in [1.29, 1.82) is 0 Å². The third-order valence-electron chi connectivity index (χ3n) is 3.57. The molecule has 0 heterocycles. The van der Waals surface area contributed by atoms with E-state index in [0.29, 0.717) is 18.3 Å². The fourth-order valence-corrected chi connectivity index (χ4v) is 3.07. The second kappa shape index (κ2) is 8.92. The second-order valence-electron chi connectivity index (χ2n) is 6.17. The SMILES string of the molecule is CC(C)CCOc1ccc(C(=O)NNS(=O)(=O)c2c(F)cccc2F)cc1. The molecule has 0 bridgehead atoms. The van der Waals surface area contributed by atoms with Gasteiger partial charge in [-0.25, -0.2) is 17.2 Å². The maximum atomic E-state index is 13.6. The Morgan fingerprint density at radius 3 is 2.22 bits per heavy atom. The summed E-state index contributed by atoms with van der Waals surface area (Å²) >= 11 is 0. The summed E-state index contributed by atoms with van der Waals surface area (Å²) in [4.78, 5) is 12.6. The van der Waals surface area contributed by atoms with Crippen LogP contribution in [0.5, 0.6) is 5.75 Å². The fourth-order valence-electron chi connectivity index (χ4n) is 2.09. The molecule has 0 saturated heterocycles. The molecule has 0 spiro atoms. The zero-order valence-electron chi connectivity index (χ0n) is 14.8. The Kier molecular flexibility index (Phi) is 6.86. The van der Waals surface area contributed by atoms with Crippen LogP contribution in [0.15, 0.2) is 47.4 Å². The lowest BCUT2D eigenvalue weighted by Crippen LogP contribution is -2.42. The molecule has 27 heavy (non-hydrogen) atoms. The van der Waals surface area contributed by atoms with Crippen LogP contribution in [0, 0.1) is 17.6 Å². The van der Waals surface area contributed by atoms with E-state index in [1.807, 2.05) is 5.43 Å². The van der Waals surface area contributed by atoms with Crippen molar-refractivity contribution in [2.24, 2.45) is 5.92 Å². The number of nitrogens with one attached hydrogen (secondary N) is 2. The Balaban J connectivity index is 1.99. The van der Waals surface area contributed by atoms with Crippen molar-refractivity contribution in [1.82, 2.24) is 10.3 Å². The number of ether oxygens (including phenoxy) is 1. The van der Waals surface area contributed by atoms with Gasteiger partial charge in [-0.3, -0.25) is 10.2 Å². The fraction of sp³-hybridized carbons (Fsp3) is 0.278. The van der Waals surface area contributed by atoms with Crippen LogP contribution in [-0.4, -0.2) is 20.9 Å². The lowest BCUT2D eigenvalue weighted by atomic mass is 10.1. The van der Waals surface area contributed by atoms with Gasteiger partial charge < -0.3 is 4.74 Å². The Labute approximate surface area is 156 Å². The van der Waals surface area contributed by atoms with Crippen molar-refractivity contribution in [3.05, 3.63) is 59.7 Å². The molecule has 0 aromatic heterocycles. The summed E-state index contributed by atoms with van der Waals surface area (Å²) in [5, 5.41) is 0. The molecule has 0 aliphatic heterocycles. The van der Waals surface area contributed by atoms with E-state index >= 15 is 0 Å². The molecule has 0 unspecified atom stereocenters. The highest BCUT2D eigenvalue weighted by Crippen LogP contribution is 2.18. The predicted molar refractivity (Wildman–Crippen MR) is 95.5 cm³/mol. The number of hydrogen-bond donors (Lipinski definition) is 2. The van der Waals surface area contributed by atoms with Crippen molar-refractivity contribution in [2.75, 3.05) is 6.61 Å². The maximum absolute atomic E-state index is 13.6. The number of halogens is 2. The summed E-state index contributed by atoms with van der Waals surface area (Å²) in [5.41, 5.74) is 2.06. The first-order valence-electron chi connectivity index (χ1n) is 8.19. The van der Waals surface area contributed by atoms with E-state index < -0.39 is 32.5 Å². The van der Waals surface area contributed by atoms with Gasteiger partial charge in [0.05, 0.1) is 6.61 Å². The zero-order valence-corrected chi connectivity index (χ0v) is 15.6. The van der Waals surface area contributed by atoms with Gasteiger partial charge in [-0.2, -0.15) is 0 Å². The standard InChI is InChI=1S/C18H20F2N2O4S/c1-12(2)10-11-26-14-8-6-13(7-9-14)18(23)21-22-27(24,25)17-15(19)4-3-5-16(17)20/h3-9,12,22H,10-11H2,1-2H3,(H,21,23). The molecule has 146 valence electrons. The number of carbonyl (C=O) groups excluding carboxylic acids is 1. The molecule has 2 N–H and O–H groups in total. The first kappa shape index (κ1) is 20.8. The summed E-state index contributed by atoms with van der Waals surface area (Å²) in [5.74, 6) is -2.24. The van der Waals surface area contributed by atoms with Crippen molar-refractivity contribution in [2.45, 2.75) is 25.2 Å². The third kappa shape index (κ3) is 5.73.